The number of nitrogens with one attached hydrogen (secondary N) is 1. The third-order valence-corrected chi connectivity index (χ3v) is 1.74. The molecule has 1 heterocycles. The molecule has 1 aromatic heterocycles. The van der Waals surface area contributed by atoms with Gasteiger partial charge in [0.25, 0.3) is 6.01 Å². The summed E-state index contributed by atoms with van der Waals surface area (Å²) in [4.78, 5) is 14.2. The van der Waals surface area contributed by atoms with Crippen molar-refractivity contribution >= 4 is 23.1 Å². The van der Waals surface area contributed by atoms with Gasteiger partial charge >= 0.3 is 5.97 Å². The van der Waals surface area contributed by atoms with Crippen LogP contribution in [0.1, 0.15) is 0 Å². The Hall–Kier alpha value is -2.11. The fourth-order valence-corrected chi connectivity index (χ4v) is 1.13. The van der Waals surface area contributed by atoms with Crippen LogP contribution in [-0.4, -0.2) is 22.6 Å². The Morgan fingerprint density at radius 3 is 3.13 bits per heavy atom. The smallest absolute Gasteiger partial charge is 0.323 e. The number of carbonyl (C=O) groups is 1. The second-order valence-electron chi connectivity index (χ2n) is 2.88. The number of halogens is 1. The molecule has 0 spiro atoms. The summed E-state index contributed by atoms with van der Waals surface area (Å²) >= 11 is 0. The third-order valence-electron chi connectivity index (χ3n) is 1.74. The van der Waals surface area contributed by atoms with Crippen molar-refractivity contribution in [2.45, 2.75) is 0 Å². The van der Waals surface area contributed by atoms with Gasteiger partial charge in [-0.05, 0) is 12.1 Å². The van der Waals surface area contributed by atoms with Crippen molar-refractivity contribution in [3.63, 3.8) is 0 Å². The van der Waals surface area contributed by atoms with Crippen LogP contribution in [0.15, 0.2) is 22.6 Å². The molecule has 0 radical (unpaired) electrons. The van der Waals surface area contributed by atoms with Crippen LogP contribution in [0.25, 0.3) is 11.1 Å². The maximum Gasteiger partial charge on any atom is 0.323 e. The van der Waals surface area contributed by atoms with Crippen LogP contribution in [0.2, 0.25) is 0 Å². The Morgan fingerprint density at radius 1 is 1.60 bits per heavy atom. The van der Waals surface area contributed by atoms with Gasteiger partial charge in [-0.3, -0.25) is 4.79 Å². The van der Waals surface area contributed by atoms with Crippen LogP contribution in [0.4, 0.5) is 10.4 Å². The summed E-state index contributed by atoms with van der Waals surface area (Å²) in [6.07, 6.45) is 0. The van der Waals surface area contributed by atoms with E-state index in [4.69, 9.17) is 9.52 Å². The molecule has 0 bridgehead atoms. The van der Waals surface area contributed by atoms with Gasteiger partial charge in [-0.25, -0.2) is 4.39 Å². The number of anilines is 1. The molecule has 0 fully saturated rings. The monoisotopic (exact) mass is 210 g/mol. The highest BCUT2D eigenvalue weighted by Crippen LogP contribution is 2.19. The van der Waals surface area contributed by atoms with Crippen LogP contribution in [0, 0.1) is 5.82 Å². The van der Waals surface area contributed by atoms with Gasteiger partial charge in [0.05, 0.1) is 0 Å². The number of carboxylic acids is 1. The van der Waals surface area contributed by atoms with E-state index in [0.717, 1.165) is 0 Å². The number of aliphatic carboxylic acids is 1. The Labute approximate surface area is 83.5 Å². The Kier molecular flexibility index (Phi) is 2.24. The molecule has 78 valence electrons. The zero-order valence-corrected chi connectivity index (χ0v) is 7.53. The van der Waals surface area contributed by atoms with E-state index in [2.05, 4.69) is 10.3 Å². The van der Waals surface area contributed by atoms with E-state index in [9.17, 15) is 9.18 Å². The molecule has 15 heavy (non-hydrogen) atoms. The second kappa shape index (κ2) is 3.56. The molecule has 2 N–H and O–H groups in total. The number of nitrogens with zero attached hydrogens (tertiary/aromatic N) is 1. The number of fused-ring (bicyclic) bond motifs is 1. The van der Waals surface area contributed by atoms with Crippen molar-refractivity contribution in [1.29, 1.82) is 0 Å². The fraction of sp³-hybridized carbons (Fsp3) is 0.111. The average Bonchev–Trinajstić information content (AvgIpc) is 2.56. The summed E-state index contributed by atoms with van der Waals surface area (Å²) in [5.41, 5.74) is 0.757. The van der Waals surface area contributed by atoms with Gasteiger partial charge in [-0.2, -0.15) is 4.98 Å². The van der Waals surface area contributed by atoms with Gasteiger partial charge in [0.15, 0.2) is 5.58 Å². The molecule has 6 heteroatoms. The number of aromatic nitrogens is 1. The molecule has 0 atom stereocenters. The second-order valence-corrected chi connectivity index (χ2v) is 2.88. The summed E-state index contributed by atoms with van der Waals surface area (Å²) in [6, 6.07) is 3.97. The molecule has 0 saturated carbocycles. The van der Waals surface area contributed by atoms with E-state index in [-0.39, 0.29) is 18.1 Å². The number of hydrogen-bond acceptors (Lipinski definition) is 4. The number of oxazole rings is 1. The minimum Gasteiger partial charge on any atom is -0.480 e. The standard InChI is InChI=1S/C9H7FN2O3/c10-5-1-2-6-7(3-5)15-9(12-6)11-4-8(13)14/h1-3H,4H2,(H,11,12)(H,13,14). The lowest BCUT2D eigenvalue weighted by atomic mass is 10.3. The minimum absolute atomic E-state index is 0.0676. The van der Waals surface area contributed by atoms with E-state index >= 15 is 0 Å². The predicted molar refractivity (Wildman–Crippen MR) is 50.1 cm³/mol. The van der Waals surface area contributed by atoms with Gasteiger partial charge < -0.3 is 14.8 Å². The number of rotatable bonds is 3. The summed E-state index contributed by atoms with van der Waals surface area (Å²) in [5, 5.41) is 10.9. The summed E-state index contributed by atoms with van der Waals surface area (Å²) in [7, 11) is 0. The number of carboxylic acid groups (broad SMARTS) is 1. The van der Waals surface area contributed by atoms with Crippen LogP contribution in [0.5, 0.6) is 0 Å². The molecular weight excluding hydrogens is 203 g/mol. The first kappa shape index (κ1) is 9.45. The molecule has 0 amide bonds. The number of benzene rings is 1. The Bertz CT molecular complexity index is 509. The molecule has 2 rings (SSSR count). The Morgan fingerprint density at radius 2 is 2.40 bits per heavy atom. The van der Waals surface area contributed by atoms with Gasteiger partial charge in [-0.15, -0.1) is 0 Å². The normalized spacial score (nSPS) is 10.5. The van der Waals surface area contributed by atoms with Crippen molar-refractivity contribution in [3.8, 4) is 0 Å². The van der Waals surface area contributed by atoms with Crippen molar-refractivity contribution in [2.75, 3.05) is 11.9 Å². The molecule has 1 aromatic carbocycles. The third kappa shape index (κ3) is 2.04. The van der Waals surface area contributed by atoms with E-state index in [0.29, 0.717) is 5.52 Å². The lowest BCUT2D eigenvalue weighted by Crippen LogP contribution is -2.12. The summed E-state index contributed by atoms with van der Waals surface area (Å²) in [5.74, 6) is -1.45. The highest BCUT2D eigenvalue weighted by Gasteiger charge is 2.07. The molecule has 0 saturated heterocycles. The zero-order chi connectivity index (χ0) is 10.8. The van der Waals surface area contributed by atoms with Crippen LogP contribution in [-0.2, 0) is 4.79 Å². The van der Waals surface area contributed by atoms with E-state index in [1.807, 2.05) is 0 Å². The lowest BCUT2D eigenvalue weighted by molar-refractivity contribution is -0.134. The highest BCUT2D eigenvalue weighted by atomic mass is 19.1. The molecule has 2 aromatic rings. The minimum atomic E-state index is -1.02. The molecular formula is C9H7FN2O3. The summed E-state index contributed by atoms with van der Waals surface area (Å²) in [6.45, 7) is -0.296. The van der Waals surface area contributed by atoms with Gasteiger partial charge in [0, 0.05) is 6.07 Å². The van der Waals surface area contributed by atoms with E-state index in [1.54, 1.807) is 0 Å². The van der Waals surface area contributed by atoms with Gasteiger partial charge in [0.1, 0.15) is 17.9 Å². The maximum absolute atomic E-state index is 12.8. The van der Waals surface area contributed by atoms with Crippen molar-refractivity contribution < 1.29 is 18.7 Å². The topological polar surface area (TPSA) is 75.4 Å². The molecule has 0 aliphatic rings. The van der Waals surface area contributed by atoms with Crippen LogP contribution < -0.4 is 5.32 Å². The van der Waals surface area contributed by atoms with Gasteiger partial charge in [0.2, 0.25) is 0 Å². The number of hydrogen-bond donors (Lipinski definition) is 2. The predicted octanol–water partition coefficient (Wildman–Crippen LogP) is 1.46. The SMILES string of the molecule is O=C(O)CNc1nc2ccc(F)cc2o1. The maximum atomic E-state index is 12.8. The highest BCUT2D eigenvalue weighted by molar-refractivity contribution is 5.76. The molecule has 0 unspecified atom stereocenters. The largest absolute Gasteiger partial charge is 0.480 e. The molecule has 0 aliphatic heterocycles. The van der Waals surface area contributed by atoms with Crippen LogP contribution >= 0.6 is 0 Å². The molecule has 5 nitrogen and oxygen atoms in total. The average molecular weight is 210 g/mol. The van der Waals surface area contributed by atoms with E-state index < -0.39 is 11.8 Å². The summed E-state index contributed by atoms with van der Waals surface area (Å²) < 4.78 is 17.8. The zero-order valence-electron chi connectivity index (χ0n) is 7.53. The first-order chi connectivity index (χ1) is 7.15. The quantitative estimate of drug-likeness (QED) is 0.802. The Balaban J connectivity index is 2.27. The van der Waals surface area contributed by atoms with Crippen molar-refractivity contribution in [3.05, 3.63) is 24.0 Å². The van der Waals surface area contributed by atoms with E-state index in [1.165, 1.54) is 18.2 Å². The molecule has 0 aliphatic carbocycles. The lowest BCUT2D eigenvalue weighted by Gasteiger charge is -1.93. The van der Waals surface area contributed by atoms with Crippen molar-refractivity contribution in [2.24, 2.45) is 0 Å². The van der Waals surface area contributed by atoms with Crippen molar-refractivity contribution in [1.82, 2.24) is 4.98 Å². The first-order valence-corrected chi connectivity index (χ1v) is 4.17. The fourth-order valence-electron chi connectivity index (χ4n) is 1.13. The first-order valence-electron chi connectivity index (χ1n) is 4.17. The van der Waals surface area contributed by atoms with Crippen LogP contribution in [0.3, 0.4) is 0 Å². The van der Waals surface area contributed by atoms with Gasteiger partial charge in [-0.1, -0.05) is 0 Å².